The SMILES string of the molecule is CCCn1c(=O)c2[nH]c(Cc3ccoc3)nc2n(CCc2cccc(N)c2)c1=O. The van der Waals surface area contributed by atoms with Gasteiger partial charge in [-0.15, -0.1) is 0 Å². The lowest BCUT2D eigenvalue weighted by Gasteiger charge is -2.11. The molecular weight excluding hydrogens is 370 g/mol. The van der Waals surface area contributed by atoms with Crippen LogP contribution in [0, 0.1) is 0 Å². The number of imidazole rings is 1. The van der Waals surface area contributed by atoms with Crippen molar-refractivity contribution in [1.29, 1.82) is 0 Å². The fraction of sp³-hybridized carbons (Fsp3) is 0.286. The van der Waals surface area contributed by atoms with Gasteiger partial charge in [0, 0.05) is 25.2 Å². The van der Waals surface area contributed by atoms with E-state index in [4.69, 9.17) is 10.2 Å². The Morgan fingerprint density at radius 3 is 2.72 bits per heavy atom. The molecule has 0 aliphatic rings. The van der Waals surface area contributed by atoms with Crippen LogP contribution in [0.1, 0.15) is 30.3 Å². The zero-order chi connectivity index (χ0) is 20.4. The summed E-state index contributed by atoms with van der Waals surface area (Å²) in [7, 11) is 0. The van der Waals surface area contributed by atoms with E-state index < -0.39 is 0 Å². The highest BCUT2D eigenvalue weighted by Crippen LogP contribution is 2.13. The number of aryl methyl sites for hydroxylation is 2. The summed E-state index contributed by atoms with van der Waals surface area (Å²) in [4.78, 5) is 33.6. The number of hydrogen-bond acceptors (Lipinski definition) is 5. The molecule has 150 valence electrons. The second-order valence-electron chi connectivity index (χ2n) is 7.08. The third-order valence-corrected chi connectivity index (χ3v) is 4.88. The van der Waals surface area contributed by atoms with Crippen molar-refractivity contribution in [2.24, 2.45) is 0 Å². The number of aromatic nitrogens is 4. The molecular formula is C21H23N5O3. The molecule has 4 rings (SSSR count). The molecule has 0 amide bonds. The van der Waals surface area contributed by atoms with Gasteiger partial charge in [-0.1, -0.05) is 19.1 Å². The zero-order valence-corrected chi connectivity index (χ0v) is 16.2. The molecule has 0 aliphatic heterocycles. The summed E-state index contributed by atoms with van der Waals surface area (Å²) in [6.07, 6.45) is 5.01. The first-order valence-electron chi connectivity index (χ1n) is 9.64. The molecule has 29 heavy (non-hydrogen) atoms. The number of hydrogen-bond donors (Lipinski definition) is 2. The van der Waals surface area contributed by atoms with Crippen molar-refractivity contribution in [2.45, 2.75) is 39.3 Å². The summed E-state index contributed by atoms with van der Waals surface area (Å²) >= 11 is 0. The summed E-state index contributed by atoms with van der Waals surface area (Å²) in [5.41, 5.74) is 8.56. The van der Waals surface area contributed by atoms with Gasteiger partial charge in [0.25, 0.3) is 5.56 Å². The van der Waals surface area contributed by atoms with Gasteiger partial charge in [0.1, 0.15) is 11.3 Å². The van der Waals surface area contributed by atoms with Crippen LogP contribution in [0.15, 0.2) is 56.9 Å². The molecule has 3 heterocycles. The van der Waals surface area contributed by atoms with Crippen LogP contribution < -0.4 is 17.0 Å². The average molecular weight is 393 g/mol. The highest BCUT2D eigenvalue weighted by atomic mass is 16.3. The summed E-state index contributed by atoms with van der Waals surface area (Å²) in [6.45, 7) is 2.70. The van der Waals surface area contributed by atoms with E-state index in [1.54, 1.807) is 17.1 Å². The van der Waals surface area contributed by atoms with Gasteiger partial charge in [-0.05, 0) is 42.2 Å². The number of fused-ring (bicyclic) bond motifs is 1. The normalized spacial score (nSPS) is 11.3. The highest BCUT2D eigenvalue weighted by molar-refractivity contribution is 5.70. The monoisotopic (exact) mass is 393 g/mol. The third-order valence-electron chi connectivity index (χ3n) is 4.88. The van der Waals surface area contributed by atoms with Gasteiger partial charge in [0.2, 0.25) is 0 Å². The fourth-order valence-corrected chi connectivity index (χ4v) is 3.50. The Labute approximate surface area is 166 Å². The molecule has 0 fully saturated rings. The van der Waals surface area contributed by atoms with Crippen molar-refractivity contribution in [3.8, 4) is 0 Å². The van der Waals surface area contributed by atoms with Crippen molar-refractivity contribution in [3.05, 3.63) is 80.6 Å². The number of nitrogen functional groups attached to an aromatic ring is 1. The van der Waals surface area contributed by atoms with E-state index in [0.717, 1.165) is 11.1 Å². The van der Waals surface area contributed by atoms with Gasteiger partial charge in [-0.25, -0.2) is 9.78 Å². The predicted octanol–water partition coefficient (Wildman–Crippen LogP) is 2.30. The summed E-state index contributed by atoms with van der Waals surface area (Å²) in [5, 5.41) is 0. The first-order chi connectivity index (χ1) is 14.1. The quantitative estimate of drug-likeness (QED) is 0.468. The topological polar surface area (TPSA) is 112 Å². The molecule has 0 bridgehead atoms. The van der Waals surface area contributed by atoms with Crippen molar-refractivity contribution >= 4 is 16.9 Å². The van der Waals surface area contributed by atoms with E-state index in [9.17, 15) is 9.59 Å². The van der Waals surface area contributed by atoms with Gasteiger partial charge in [-0.2, -0.15) is 0 Å². The molecule has 8 nitrogen and oxygen atoms in total. The Morgan fingerprint density at radius 2 is 2.00 bits per heavy atom. The fourth-order valence-electron chi connectivity index (χ4n) is 3.50. The standard InChI is InChI=1S/C21H23N5O3/c1-2-8-26-20(27)18-19(24-17(23-18)12-15-7-10-29-13-15)25(21(26)28)9-6-14-4-3-5-16(22)11-14/h3-5,7,10-11,13H,2,6,8-9,12,22H2,1H3,(H,23,24). The average Bonchev–Trinajstić information content (AvgIpc) is 3.35. The van der Waals surface area contributed by atoms with Gasteiger partial charge in [0.15, 0.2) is 5.65 Å². The largest absolute Gasteiger partial charge is 0.472 e. The van der Waals surface area contributed by atoms with E-state index in [2.05, 4.69) is 9.97 Å². The number of rotatable bonds is 7. The lowest BCUT2D eigenvalue weighted by Crippen LogP contribution is -2.40. The first-order valence-corrected chi connectivity index (χ1v) is 9.64. The molecule has 0 saturated heterocycles. The molecule has 0 radical (unpaired) electrons. The van der Waals surface area contributed by atoms with Gasteiger partial charge in [0.05, 0.1) is 12.5 Å². The van der Waals surface area contributed by atoms with E-state index in [0.29, 0.717) is 55.0 Å². The summed E-state index contributed by atoms with van der Waals surface area (Å²) in [6, 6.07) is 9.41. The minimum Gasteiger partial charge on any atom is -0.472 e. The molecule has 0 saturated carbocycles. The molecule has 8 heteroatoms. The number of furan rings is 1. The van der Waals surface area contributed by atoms with E-state index in [-0.39, 0.29) is 11.2 Å². The van der Waals surface area contributed by atoms with Crippen LogP contribution in [0.2, 0.25) is 0 Å². The smallest absolute Gasteiger partial charge is 0.332 e. The Balaban J connectivity index is 1.78. The van der Waals surface area contributed by atoms with Crippen molar-refractivity contribution in [3.63, 3.8) is 0 Å². The minimum atomic E-state index is -0.338. The number of anilines is 1. The second-order valence-corrected chi connectivity index (χ2v) is 7.08. The first kappa shape index (κ1) is 18.8. The maximum Gasteiger partial charge on any atom is 0.332 e. The van der Waals surface area contributed by atoms with Crippen LogP contribution in [0.5, 0.6) is 0 Å². The van der Waals surface area contributed by atoms with Gasteiger partial charge >= 0.3 is 5.69 Å². The Morgan fingerprint density at radius 1 is 1.14 bits per heavy atom. The number of nitrogens with one attached hydrogen (secondary N) is 1. The molecule has 0 spiro atoms. The number of nitrogens with zero attached hydrogens (tertiary/aromatic N) is 3. The Kier molecular flexibility index (Phi) is 5.07. The van der Waals surface area contributed by atoms with Crippen molar-refractivity contribution in [2.75, 3.05) is 5.73 Å². The minimum absolute atomic E-state index is 0.335. The number of benzene rings is 1. The Bertz CT molecular complexity index is 1250. The van der Waals surface area contributed by atoms with Crippen LogP contribution >= 0.6 is 0 Å². The highest BCUT2D eigenvalue weighted by Gasteiger charge is 2.17. The molecule has 3 aromatic heterocycles. The second kappa shape index (κ2) is 7.83. The van der Waals surface area contributed by atoms with Crippen LogP contribution in [0.4, 0.5) is 5.69 Å². The van der Waals surface area contributed by atoms with E-state index in [1.807, 2.05) is 37.3 Å². The Hall–Kier alpha value is -3.55. The molecule has 0 atom stereocenters. The molecule has 0 unspecified atom stereocenters. The molecule has 4 aromatic rings. The predicted molar refractivity (Wildman–Crippen MR) is 111 cm³/mol. The van der Waals surface area contributed by atoms with Crippen molar-refractivity contribution < 1.29 is 4.42 Å². The number of nitrogens with two attached hydrogens (primary N) is 1. The maximum absolute atomic E-state index is 13.0. The lowest BCUT2D eigenvalue weighted by atomic mass is 10.1. The van der Waals surface area contributed by atoms with Crippen molar-refractivity contribution in [1.82, 2.24) is 19.1 Å². The van der Waals surface area contributed by atoms with E-state index >= 15 is 0 Å². The molecule has 1 aromatic carbocycles. The number of H-pyrrole nitrogens is 1. The van der Waals surface area contributed by atoms with Gasteiger partial charge in [-0.3, -0.25) is 13.9 Å². The lowest BCUT2D eigenvalue weighted by molar-refractivity contribution is 0.559. The van der Waals surface area contributed by atoms with E-state index in [1.165, 1.54) is 4.57 Å². The van der Waals surface area contributed by atoms with Crippen LogP contribution in [0.3, 0.4) is 0 Å². The zero-order valence-electron chi connectivity index (χ0n) is 16.2. The van der Waals surface area contributed by atoms with Crippen LogP contribution in [-0.4, -0.2) is 19.1 Å². The summed E-state index contributed by atoms with van der Waals surface area (Å²) in [5.74, 6) is 0.616. The number of aromatic amines is 1. The van der Waals surface area contributed by atoms with Crippen LogP contribution in [-0.2, 0) is 25.9 Å². The summed E-state index contributed by atoms with van der Waals surface area (Å²) < 4.78 is 7.96. The third kappa shape index (κ3) is 3.73. The molecule has 3 N–H and O–H groups in total. The van der Waals surface area contributed by atoms with Gasteiger partial charge < -0.3 is 15.1 Å². The maximum atomic E-state index is 13.0. The molecule has 0 aliphatic carbocycles. The van der Waals surface area contributed by atoms with Crippen LogP contribution in [0.25, 0.3) is 11.2 Å².